The van der Waals surface area contributed by atoms with Gasteiger partial charge in [-0.1, -0.05) is 35.3 Å². The van der Waals surface area contributed by atoms with Gasteiger partial charge >= 0.3 is 0 Å². The molecule has 0 radical (unpaired) electrons. The predicted molar refractivity (Wildman–Crippen MR) is 97.6 cm³/mol. The summed E-state index contributed by atoms with van der Waals surface area (Å²) in [5.41, 5.74) is 1.33. The fourth-order valence-electron chi connectivity index (χ4n) is 2.26. The number of carbonyl (C=O) groups excluding carboxylic acids is 2. The zero-order valence-corrected chi connectivity index (χ0v) is 15.1. The summed E-state index contributed by atoms with van der Waals surface area (Å²) in [5.74, 6) is -0.925. The molecule has 0 atom stereocenters. The third-order valence-corrected chi connectivity index (χ3v) is 4.07. The van der Waals surface area contributed by atoms with Gasteiger partial charge < -0.3 is 10.2 Å². The Labute approximate surface area is 155 Å². The molecular weight excluding hydrogens is 366 g/mol. The Hall–Kier alpha value is -2.11. The van der Waals surface area contributed by atoms with E-state index in [-0.39, 0.29) is 24.2 Å². The zero-order valence-electron chi connectivity index (χ0n) is 13.6. The van der Waals surface area contributed by atoms with Gasteiger partial charge in [0.25, 0.3) is 0 Å². The van der Waals surface area contributed by atoms with Gasteiger partial charge in [0.2, 0.25) is 11.8 Å². The van der Waals surface area contributed by atoms with Crippen molar-refractivity contribution in [3.8, 4) is 0 Å². The number of halogens is 3. The molecular formula is C18H17Cl2FN2O2. The summed E-state index contributed by atoms with van der Waals surface area (Å²) in [5, 5.41) is 3.47. The minimum Gasteiger partial charge on any atom is -0.354 e. The molecule has 0 aromatic heterocycles. The first-order valence-corrected chi connectivity index (χ1v) is 8.36. The van der Waals surface area contributed by atoms with Crippen molar-refractivity contribution in [3.05, 3.63) is 63.9 Å². The van der Waals surface area contributed by atoms with Crippen LogP contribution in [0.4, 0.5) is 10.1 Å². The van der Waals surface area contributed by atoms with Crippen LogP contribution in [-0.4, -0.2) is 24.9 Å². The van der Waals surface area contributed by atoms with Gasteiger partial charge in [-0.2, -0.15) is 0 Å². The van der Waals surface area contributed by atoms with Crippen molar-refractivity contribution in [1.82, 2.24) is 5.32 Å². The molecule has 0 aliphatic heterocycles. The lowest BCUT2D eigenvalue weighted by atomic mass is 10.1. The van der Waals surface area contributed by atoms with E-state index in [0.717, 1.165) is 5.56 Å². The SMILES string of the molecule is CC(=O)N(CC(=O)NCCc1ccc(F)cc1)c1ccc(Cl)cc1Cl. The monoisotopic (exact) mass is 382 g/mol. The van der Waals surface area contributed by atoms with Crippen molar-refractivity contribution in [1.29, 1.82) is 0 Å². The molecule has 0 aliphatic carbocycles. The fraction of sp³-hybridized carbons (Fsp3) is 0.222. The summed E-state index contributed by atoms with van der Waals surface area (Å²) >= 11 is 12.0. The van der Waals surface area contributed by atoms with Crippen molar-refractivity contribution >= 4 is 40.7 Å². The van der Waals surface area contributed by atoms with Crippen LogP contribution in [0.3, 0.4) is 0 Å². The molecule has 0 spiro atoms. The third-order valence-electron chi connectivity index (χ3n) is 3.53. The Balaban J connectivity index is 1.94. The maximum Gasteiger partial charge on any atom is 0.240 e. The highest BCUT2D eigenvalue weighted by atomic mass is 35.5. The van der Waals surface area contributed by atoms with Crippen LogP contribution in [0.1, 0.15) is 12.5 Å². The largest absolute Gasteiger partial charge is 0.354 e. The molecule has 0 heterocycles. The average molecular weight is 383 g/mol. The summed E-state index contributed by atoms with van der Waals surface area (Å²) < 4.78 is 12.8. The molecule has 7 heteroatoms. The van der Waals surface area contributed by atoms with Gasteiger partial charge in [-0.25, -0.2) is 4.39 Å². The minimum atomic E-state index is -0.316. The van der Waals surface area contributed by atoms with Crippen molar-refractivity contribution in [3.63, 3.8) is 0 Å². The van der Waals surface area contributed by atoms with E-state index in [1.165, 1.54) is 30.0 Å². The Bertz CT molecular complexity index is 766. The van der Waals surface area contributed by atoms with E-state index >= 15 is 0 Å². The number of benzene rings is 2. The second kappa shape index (κ2) is 8.83. The normalized spacial score (nSPS) is 10.4. The van der Waals surface area contributed by atoms with Gasteiger partial charge in [0.1, 0.15) is 12.4 Å². The maximum atomic E-state index is 12.8. The molecule has 0 unspecified atom stereocenters. The number of hydrogen-bond donors (Lipinski definition) is 1. The van der Waals surface area contributed by atoms with Gasteiger partial charge in [0.05, 0.1) is 10.7 Å². The van der Waals surface area contributed by atoms with Crippen LogP contribution in [0.2, 0.25) is 10.0 Å². The highest BCUT2D eigenvalue weighted by Gasteiger charge is 2.18. The number of nitrogens with zero attached hydrogens (tertiary/aromatic N) is 1. The van der Waals surface area contributed by atoms with Crippen molar-refractivity contribution in [2.75, 3.05) is 18.0 Å². The van der Waals surface area contributed by atoms with E-state index in [9.17, 15) is 14.0 Å². The summed E-state index contributed by atoms with van der Waals surface area (Å²) in [4.78, 5) is 25.3. The van der Waals surface area contributed by atoms with Crippen LogP contribution in [0.25, 0.3) is 0 Å². The number of carbonyl (C=O) groups is 2. The van der Waals surface area contributed by atoms with Crippen molar-refractivity contribution in [2.24, 2.45) is 0 Å². The lowest BCUT2D eigenvalue weighted by Crippen LogP contribution is -2.40. The van der Waals surface area contributed by atoms with E-state index in [1.54, 1.807) is 24.3 Å². The standard InChI is InChI=1S/C18H17Cl2FN2O2/c1-12(24)23(17-7-4-14(19)10-16(17)20)11-18(25)22-9-8-13-2-5-15(21)6-3-13/h2-7,10H,8-9,11H2,1H3,(H,22,25). The highest BCUT2D eigenvalue weighted by molar-refractivity contribution is 6.36. The first-order valence-electron chi connectivity index (χ1n) is 7.61. The molecule has 132 valence electrons. The number of hydrogen-bond acceptors (Lipinski definition) is 2. The predicted octanol–water partition coefficient (Wildman–Crippen LogP) is 3.84. The number of amides is 2. The lowest BCUT2D eigenvalue weighted by Gasteiger charge is -2.22. The van der Waals surface area contributed by atoms with E-state index in [4.69, 9.17) is 23.2 Å². The van der Waals surface area contributed by atoms with Crippen LogP contribution >= 0.6 is 23.2 Å². The second-order valence-corrected chi connectivity index (χ2v) is 6.27. The summed E-state index contributed by atoms with van der Waals surface area (Å²) in [7, 11) is 0. The Morgan fingerprint density at radius 3 is 2.40 bits per heavy atom. The Morgan fingerprint density at radius 2 is 1.80 bits per heavy atom. The average Bonchev–Trinajstić information content (AvgIpc) is 2.55. The summed E-state index contributed by atoms with van der Waals surface area (Å²) in [6.45, 7) is 1.58. The molecule has 2 aromatic rings. The van der Waals surface area contributed by atoms with Crippen LogP contribution < -0.4 is 10.2 Å². The minimum absolute atomic E-state index is 0.153. The molecule has 0 saturated heterocycles. The zero-order chi connectivity index (χ0) is 18.4. The van der Waals surface area contributed by atoms with Gasteiger partial charge in [-0.05, 0) is 42.3 Å². The first-order chi connectivity index (χ1) is 11.9. The quantitative estimate of drug-likeness (QED) is 0.824. The van der Waals surface area contributed by atoms with E-state index in [2.05, 4.69) is 5.32 Å². The molecule has 25 heavy (non-hydrogen) atoms. The maximum absolute atomic E-state index is 12.8. The van der Waals surface area contributed by atoms with Crippen LogP contribution in [0.5, 0.6) is 0 Å². The topological polar surface area (TPSA) is 49.4 Å². The van der Waals surface area contributed by atoms with Crippen molar-refractivity contribution < 1.29 is 14.0 Å². The summed E-state index contributed by atoms with van der Waals surface area (Å²) in [6, 6.07) is 10.8. The van der Waals surface area contributed by atoms with E-state index in [0.29, 0.717) is 28.7 Å². The molecule has 2 rings (SSSR count). The Kier molecular flexibility index (Phi) is 6.79. The van der Waals surface area contributed by atoms with Crippen LogP contribution in [-0.2, 0) is 16.0 Å². The third kappa shape index (κ3) is 5.73. The van der Waals surface area contributed by atoms with Gasteiger partial charge in [0.15, 0.2) is 0 Å². The van der Waals surface area contributed by atoms with Crippen LogP contribution in [0.15, 0.2) is 42.5 Å². The van der Waals surface area contributed by atoms with Gasteiger partial charge in [-0.3, -0.25) is 9.59 Å². The Morgan fingerprint density at radius 1 is 1.12 bits per heavy atom. The fourth-order valence-corrected chi connectivity index (χ4v) is 2.77. The number of anilines is 1. The molecule has 0 fully saturated rings. The molecule has 1 N–H and O–H groups in total. The highest BCUT2D eigenvalue weighted by Crippen LogP contribution is 2.28. The van der Waals surface area contributed by atoms with Gasteiger partial charge in [0, 0.05) is 18.5 Å². The molecule has 2 amide bonds. The molecule has 0 saturated carbocycles. The molecule has 2 aromatic carbocycles. The second-order valence-electron chi connectivity index (χ2n) is 5.43. The van der Waals surface area contributed by atoms with E-state index in [1.807, 2.05) is 0 Å². The van der Waals surface area contributed by atoms with E-state index < -0.39 is 0 Å². The molecule has 0 aliphatic rings. The molecule has 4 nitrogen and oxygen atoms in total. The summed E-state index contributed by atoms with van der Waals surface area (Å²) in [6.07, 6.45) is 0.563. The first kappa shape index (κ1) is 19.2. The number of rotatable bonds is 6. The van der Waals surface area contributed by atoms with Gasteiger partial charge in [-0.15, -0.1) is 0 Å². The van der Waals surface area contributed by atoms with Crippen molar-refractivity contribution in [2.45, 2.75) is 13.3 Å². The molecule has 0 bridgehead atoms. The lowest BCUT2D eigenvalue weighted by molar-refractivity contribution is -0.123. The smallest absolute Gasteiger partial charge is 0.240 e. The number of nitrogens with one attached hydrogen (secondary N) is 1. The van der Waals surface area contributed by atoms with Crippen LogP contribution in [0, 0.1) is 5.82 Å².